The molecule has 1 unspecified atom stereocenters. The maximum Gasteiger partial charge on any atom is 0.121 e. The maximum absolute atomic E-state index is 5.30. The Labute approximate surface area is 114 Å². The molecule has 0 aliphatic heterocycles. The summed E-state index contributed by atoms with van der Waals surface area (Å²) >= 11 is 0. The van der Waals surface area contributed by atoms with Crippen LogP contribution in [0.3, 0.4) is 0 Å². The fraction of sp³-hybridized carbons (Fsp3) is 0.294. The van der Waals surface area contributed by atoms with E-state index >= 15 is 0 Å². The number of hydrogen-bond donors (Lipinski definition) is 1. The highest BCUT2D eigenvalue weighted by atomic mass is 16.5. The van der Waals surface area contributed by atoms with Crippen LogP contribution in [0.1, 0.15) is 29.2 Å². The van der Waals surface area contributed by atoms with E-state index in [4.69, 9.17) is 4.74 Å². The first-order chi connectivity index (χ1) is 9.28. The van der Waals surface area contributed by atoms with Crippen LogP contribution in [0.2, 0.25) is 0 Å². The van der Waals surface area contributed by atoms with Crippen LogP contribution in [0, 0.1) is 6.92 Å². The number of fused-ring (bicyclic) bond motifs is 1. The van der Waals surface area contributed by atoms with Gasteiger partial charge >= 0.3 is 0 Å². The van der Waals surface area contributed by atoms with Crippen LogP contribution in [0.25, 0.3) is 0 Å². The van der Waals surface area contributed by atoms with Crippen molar-refractivity contribution in [2.24, 2.45) is 0 Å². The normalized spacial score (nSPS) is 17.1. The SMILES string of the molecule is COc1ccc(NC2CCc3ccccc32)cc1C. The molecule has 0 aromatic heterocycles. The largest absolute Gasteiger partial charge is 0.496 e. The minimum absolute atomic E-state index is 0.434. The van der Waals surface area contributed by atoms with Gasteiger partial charge in [0.1, 0.15) is 5.75 Å². The molecule has 1 aliphatic carbocycles. The molecule has 2 aromatic rings. The summed E-state index contributed by atoms with van der Waals surface area (Å²) in [5.41, 5.74) is 5.25. The number of methoxy groups -OCH3 is 1. The third kappa shape index (κ3) is 2.30. The Hall–Kier alpha value is -1.96. The molecule has 0 bridgehead atoms. The van der Waals surface area contributed by atoms with E-state index < -0.39 is 0 Å². The molecule has 2 heteroatoms. The molecule has 0 fully saturated rings. The van der Waals surface area contributed by atoms with E-state index in [9.17, 15) is 0 Å². The molecule has 19 heavy (non-hydrogen) atoms. The highest BCUT2D eigenvalue weighted by Crippen LogP contribution is 2.34. The number of anilines is 1. The third-order valence-electron chi connectivity index (χ3n) is 3.87. The average Bonchev–Trinajstić information content (AvgIpc) is 2.83. The molecule has 0 saturated heterocycles. The topological polar surface area (TPSA) is 21.3 Å². The lowest BCUT2D eigenvalue weighted by Gasteiger charge is -2.16. The minimum Gasteiger partial charge on any atom is -0.496 e. The van der Waals surface area contributed by atoms with Gasteiger partial charge in [-0.25, -0.2) is 0 Å². The fourth-order valence-corrected chi connectivity index (χ4v) is 2.88. The van der Waals surface area contributed by atoms with Gasteiger partial charge in [-0.1, -0.05) is 24.3 Å². The van der Waals surface area contributed by atoms with E-state index in [1.165, 1.54) is 35.2 Å². The lowest BCUT2D eigenvalue weighted by Crippen LogP contribution is -2.07. The van der Waals surface area contributed by atoms with Gasteiger partial charge in [0.25, 0.3) is 0 Å². The van der Waals surface area contributed by atoms with Crippen molar-refractivity contribution in [1.29, 1.82) is 0 Å². The first-order valence-electron chi connectivity index (χ1n) is 6.77. The number of hydrogen-bond acceptors (Lipinski definition) is 2. The van der Waals surface area contributed by atoms with Crippen molar-refractivity contribution in [2.75, 3.05) is 12.4 Å². The van der Waals surface area contributed by atoms with Gasteiger partial charge in [-0.2, -0.15) is 0 Å². The van der Waals surface area contributed by atoms with E-state index in [-0.39, 0.29) is 0 Å². The summed E-state index contributed by atoms with van der Waals surface area (Å²) in [5.74, 6) is 0.942. The fourth-order valence-electron chi connectivity index (χ4n) is 2.88. The van der Waals surface area contributed by atoms with Crippen LogP contribution >= 0.6 is 0 Å². The van der Waals surface area contributed by atoms with Crippen molar-refractivity contribution >= 4 is 5.69 Å². The molecule has 98 valence electrons. The van der Waals surface area contributed by atoms with Gasteiger partial charge in [0.05, 0.1) is 13.2 Å². The molecular formula is C17H19NO. The molecule has 0 radical (unpaired) electrons. The lowest BCUT2D eigenvalue weighted by atomic mass is 10.1. The van der Waals surface area contributed by atoms with Gasteiger partial charge in [-0.3, -0.25) is 0 Å². The van der Waals surface area contributed by atoms with Gasteiger partial charge in [0.2, 0.25) is 0 Å². The smallest absolute Gasteiger partial charge is 0.121 e. The quantitative estimate of drug-likeness (QED) is 0.889. The van der Waals surface area contributed by atoms with Crippen LogP contribution in [0.15, 0.2) is 42.5 Å². The zero-order valence-corrected chi connectivity index (χ0v) is 11.4. The summed E-state index contributed by atoms with van der Waals surface area (Å²) in [6.07, 6.45) is 2.34. The van der Waals surface area contributed by atoms with Gasteiger partial charge < -0.3 is 10.1 Å². The number of nitrogens with one attached hydrogen (secondary N) is 1. The van der Waals surface area contributed by atoms with Crippen molar-refractivity contribution in [2.45, 2.75) is 25.8 Å². The van der Waals surface area contributed by atoms with Crippen molar-refractivity contribution in [1.82, 2.24) is 0 Å². The molecule has 1 atom stereocenters. The van der Waals surface area contributed by atoms with Crippen LogP contribution in [0.5, 0.6) is 5.75 Å². The Morgan fingerprint density at radius 3 is 2.79 bits per heavy atom. The summed E-state index contributed by atoms with van der Waals surface area (Å²) in [5, 5.41) is 3.63. The summed E-state index contributed by atoms with van der Waals surface area (Å²) in [7, 11) is 1.71. The maximum atomic E-state index is 5.30. The number of aryl methyl sites for hydroxylation is 2. The summed E-state index contributed by atoms with van der Waals surface area (Å²) in [4.78, 5) is 0. The predicted octanol–water partition coefficient (Wildman–Crippen LogP) is 4.10. The van der Waals surface area contributed by atoms with Gasteiger partial charge in [0.15, 0.2) is 0 Å². The zero-order chi connectivity index (χ0) is 13.2. The molecule has 2 aromatic carbocycles. The van der Waals surface area contributed by atoms with E-state index in [1.54, 1.807) is 7.11 Å². The predicted molar refractivity (Wildman–Crippen MR) is 78.9 cm³/mol. The van der Waals surface area contributed by atoms with Crippen molar-refractivity contribution in [3.05, 3.63) is 59.2 Å². The standard InChI is InChI=1S/C17H19NO/c1-12-11-14(8-10-17(12)19-2)18-16-9-7-13-5-3-4-6-15(13)16/h3-6,8,10-11,16,18H,7,9H2,1-2H3. The van der Waals surface area contributed by atoms with Crippen molar-refractivity contribution in [3.8, 4) is 5.75 Å². The minimum atomic E-state index is 0.434. The highest BCUT2D eigenvalue weighted by Gasteiger charge is 2.21. The second kappa shape index (κ2) is 4.96. The van der Waals surface area contributed by atoms with E-state index in [0.717, 1.165) is 5.75 Å². The first-order valence-corrected chi connectivity index (χ1v) is 6.77. The molecule has 2 nitrogen and oxygen atoms in total. The third-order valence-corrected chi connectivity index (χ3v) is 3.87. The van der Waals surface area contributed by atoms with Gasteiger partial charge in [-0.15, -0.1) is 0 Å². The van der Waals surface area contributed by atoms with Crippen molar-refractivity contribution in [3.63, 3.8) is 0 Å². The zero-order valence-electron chi connectivity index (χ0n) is 11.4. The lowest BCUT2D eigenvalue weighted by molar-refractivity contribution is 0.412. The Kier molecular flexibility index (Phi) is 3.16. The molecule has 3 rings (SSSR count). The Morgan fingerprint density at radius 2 is 2.00 bits per heavy atom. The molecule has 1 N–H and O–H groups in total. The number of rotatable bonds is 3. The molecular weight excluding hydrogens is 234 g/mol. The number of benzene rings is 2. The van der Waals surface area contributed by atoms with Gasteiger partial charge in [0, 0.05) is 5.69 Å². The van der Waals surface area contributed by atoms with Crippen LogP contribution in [-0.4, -0.2) is 7.11 Å². The Morgan fingerprint density at radius 1 is 1.16 bits per heavy atom. The molecule has 1 aliphatic rings. The first kappa shape index (κ1) is 12.1. The van der Waals surface area contributed by atoms with E-state index in [0.29, 0.717) is 6.04 Å². The Bertz CT molecular complexity index is 592. The van der Waals surface area contributed by atoms with E-state index in [1.807, 2.05) is 6.07 Å². The molecule has 0 amide bonds. The van der Waals surface area contributed by atoms with Crippen LogP contribution in [-0.2, 0) is 6.42 Å². The number of ether oxygens (including phenoxy) is 1. The van der Waals surface area contributed by atoms with E-state index in [2.05, 4.69) is 48.6 Å². The molecule has 0 heterocycles. The van der Waals surface area contributed by atoms with Crippen LogP contribution in [0.4, 0.5) is 5.69 Å². The van der Waals surface area contributed by atoms with Gasteiger partial charge in [-0.05, 0) is 54.7 Å². The highest BCUT2D eigenvalue weighted by molar-refractivity contribution is 5.53. The molecule has 0 spiro atoms. The summed E-state index contributed by atoms with van der Waals surface area (Å²) in [6, 6.07) is 15.4. The summed E-state index contributed by atoms with van der Waals surface area (Å²) in [6.45, 7) is 2.08. The monoisotopic (exact) mass is 253 g/mol. The average molecular weight is 253 g/mol. The van der Waals surface area contributed by atoms with Crippen LogP contribution < -0.4 is 10.1 Å². The van der Waals surface area contributed by atoms with Crippen molar-refractivity contribution < 1.29 is 4.74 Å². The second-order valence-electron chi connectivity index (χ2n) is 5.12. The Balaban J connectivity index is 1.81. The second-order valence-corrected chi connectivity index (χ2v) is 5.12. The summed E-state index contributed by atoms with van der Waals surface area (Å²) < 4.78 is 5.30. The molecule has 0 saturated carbocycles.